The van der Waals surface area contributed by atoms with Gasteiger partial charge in [-0.25, -0.2) is 4.79 Å². The third kappa shape index (κ3) is 3.56. The van der Waals surface area contributed by atoms with Crippen LogP contribution < -0.4 is 0 Å². The molecule has 0 bridgehead atoms. The van der Waals surface area contributed by atoms with Crippen LogP contribution in [0.5, 0.6) is 0 Å². The molecule has 8 heteroatoms. The Bertz CT molecular complexity index is 785. The SMILES string of the molecule is C=C1COC(=O)[C@]12C[C@@]1(C)[C@H]([C@@H](OC(=O)C=C[S@@](C)=O)CC[C@@H]1C)[C@H]2OC(C)=O. The van der Waals surface area contributed by atoms with Crippen LogP contribution in [0, 0.1) is 22.7 Å². The summed E-state index contributed by atoms with van der Waals surface area (Å²) in [6, 6.07) is 0. The van der Waals surface area contributed by atoms with E-state index in [4.69, 9.17) is 14.2 Å². The number of cyclic esters (lactones) is 1. The minimum atomic E-state index is -1.27. The van der Waals surface area contributed by atoms with Crippen LogP contribution in [-0.2, 0) is 39.4 Å². The summed E-state index contributed by atoms with van der Waals surface area (Å²) in [5, 5.41) is 1.27. The Hall–Kier alpha value is -1.96. The Morgan fingerprint density at radius 1 is 1.31 bits per heavy atom. The van der Waals surface area contributed by atoms with E-state index >= 15 is 0 Å². The maximum atomic E-state index is 12.9. The van der Waals surface area contributed by atoms with Gasteiger partial charge in [-0.1, -0.05) is 20.4 Å². The predicted octanol–water partition coefficient (Wildman–Crippen LogP) is 2.28. The molecule has 1 aliphatic heterocycles. The molecule has 7 nitrogen and oxygen atoms in total. The summed E-state index contributed by atoms with van der Waals surface area (Å²) in [4.78, 5) is 37.1. The maximum absolute atomic E-state index is 12.9. The van der Waals surface area contributed by atoms with Crippen LogP contribution in [0.2, 0.25) is 0 Å². The summed E-state index contributed by atoms with van der Waals surface area (Å²) in [6.45, 7) is 9.63. The second-order valence-corrected chi connectivity index (χ2v) is 9.91. The zero-order valence-corrected chi connectivity index (χ0v) is 18.1. The fraction of sp³-hybridized carbons (Fsp3) is 0.667. The molecule has 0 amide bonds. The highest BCUT2D eigenvalue weighted by atomic mass is 32.2. The second-order valence-electron chi connectivity index (χ2n) is 8.64. The van der Waals surface area contributed by atoms with E-state index in [1.807, 2.05) is 0 Å². The number of hydrogen-bond donors (Lipinski definition) is 0. The van der Waals surface area contributed by atoms with Crippen molar-refractivity contribution in [2.45, 2.75) is 52.2 Å². The summed E-state index contributed by atoms with van der Waals surface area (Å²) < 4.78 is 28.0. The smallest absolute Gasteiger partial charge is 0.331 e. The summed E-state index contributed by atoms with van der Waals surface area (Å²) in [5.41, 5.74) is -0.926. The standard InChI is InChI=1S/C21H28O7S/c1-12-6-7-15(28-16(23)8-9-29(5)25)17-18(27-14(3)22)21(11-20(12,17)4)13(2)10-26-19(21)24/h8-9,12,15,17-18H,2,6-7,10-11H2,1,3-5H3/t12-,15-,17+,18+,20+,21+,29+/m0/s1. The normalized spacial score (nSPS) is 40.0. The van der Waals surface area contributed by atoms with Gasteiger partial charge in [-0.3, -0.25) is 13.8 Å². The molecule has 1 saturated heterocycles. The molecule has 1 heterocycles. The lowest BCUT2D eigenvalue weighted by molar-refractivity contribution is -0.172. The number of carbonyl (C=O) groups is 3. The highest BCUT2D eigenvalue weighted by Crippen LogP contribution is 2.66. The summed E-state index contributed by atoms with van der Waals surface area (Å²) >= 11 is 0. The summed E-state index contributed by atoms with van der Waals surface area (Å²) in [7, 11) is -1.27. The predicted molar refractivity (Wildman–Crippen MR) is 106 cm³/mol. The van der Waals surface area contributed by atoms with Gasteiger partial charge in [0, 0.05) is 41.4 Å². The lowest BCUT2D eigenvalue weighted by Crippen LogP contribution is -2.50. The fourth-order valence-corrected chi connectivity index (χ4v) is 5.71. The first-order chi connectivity index (χ1) is 13.5. The van der Waals surface area contributed by atoms with Gasteiger partial charge in [0.05, 0.1) is 0 Å². The van der Waals surface area contributed by atoms with Gasteiger partial charge >= 0.3 is 17.9 Å². The molecule has 2 saturated carbocycles. The number of rotatable bonds is 4. The minimum absolute atomic E-state index is 0.100. The molecule has 2 aliphatic carbocycles. The molecule has 160 valence electrons. The number of fused-ring (bicyclic) bond motifs is 1. The van der Waals surface area contributed by atoms with E-state index in [9.17, 15) is 18.6 Å². The molecule has 0 aromatic heterocycles. The monoisotopic (exact) mass is 424 g/mol. The van der Waals surface area contributed by atoms with Crippen molar-refractivity contribution in [3.63, 3.8) is 0 Å². The summed E-state index contributed by atoms with van der Waals surface area (Å²) in [6.07, 6.45) is 3.09. The molecule has 1 spiro atoms. The zero-order valence-electron chi connectivity index (χ0n) is 17.3. The molecule has 0 unspecified atom stereocenters. The van der Waals surface area contributed by atoms with Gasteiger partial charge in [-0.05, 0) is 36.2 Å². The first-order valence-electron chi connectivity index (χ1n) is 9.76. The Balaban J connectivity index is 2.02. The van der Waals surface area contributed by atoms with Gasteiger partial charge < -0.3 is 14.2 Å². The molecule has 7 atom stereocenters. The van der Waals surface area contributed by atoms with Crippen LogP contribution >= 0.6 is 0 Å². The van der Waals surface area contributed by atoms with E-state index in [1.165, 1.54) is 18.6 Å². The van der Waals surface area contributed by atoms with Crippen LogP contribution in [-0.4, -0.2) is 47.2 Å². The third-order valence-electron chi connectivity index (χ3n) is 6.97. The van der Waals surface area contributed by atoms with Gasteiger partial charge in [0.15, 0.2) is 0 Å². The Labute approximate surface area is 173 Å². The Morgan fingerprint density at radius 2 is 2.00 bits per heavy atom. The van der Waals surface area contributed by atoms with E-state index in [-0.39, 0.29) is 18.4 Å². The van der Waals surface area contributed by atoms with E-state index in [1.54, 1.807) is 0 Å². The van der Waals surface area contributed by atoms with Gasteiger partial charge in [0.25, 0.3) is 0 Å². The topological polar surface area (TPSA) is 96.0 Å². The number of ether oxygens (including phenoxy) is 3. The molecule has 3 rings (SSSR count). The Morgan fingerprint density at radius 3 is 2.55 bits per heavy atom. The lowest BCUT2D eigenvalue weighted by atomic mass is 9.61. The van der Waals surface area contributed by atoms with Crippen molar-refractivity contribution < 1.29 is 32.8 Å². The van der Waals surface area contributed by atoms with Crippen molar-refractivity contribution in [1.29, 1.82) is 0 Å². The van der Waals surface area contributed by atoms with Crippen molar-refractivity contribution in [3.05, 3.63) is 23.6 Å². The van der Waals surface area contributed by atoms with E-state index in [2.05, 4.69) is 20.4 Å². The van der Waals surface area contributed by atoms with Crippen LogP contribution in [0.3, 0.4) is 0 Å². The highest BCUT2D eigenvalue weighted by Gasteiger charge is 2.71. The van der Waals surface area contributed by atoms with Crippen LogP contribution in [0.1, 0.15) is 40.0 Å². The second kappa shape index (κ2) is 7.70. The molecule has 3 aliphatic rings. The van der Waals surface area contributed by atoms with Gasteiger partial charge in [-0.2, -0.15) is 0 Å². The van der Waals surface area contributed by atoms with Crippen LogP contribution in [0.25, 0.3) is 0 Å². The average molecular weight is 425 g/mol. The molecular weight excluding hydrogens is 396 g/mol. The van der Waals surface area contributed by atoms with E-state index < -0.39 is 51.7 Å². The molecule has 0 aromatic carbocycles. The van der Waals surface area contributed by atoms with E-state index in [0.717, 1.165) is 12.5 Å². The maximum Gasteiger partial charge on any atom is 0.331 e. The average Bonchev–Trinajstić information content (AvgIpc) is 3.06. The first-order valence-corrected chi connectivity index (χ1v) is 11.4. The van der Waals surface area contributed by atoms with Crippen molar-refractivity contribution in [2.75, 3.05) is 12.9 Å². The highest BCUT2D eigenvalue weighted by molar-refractivity contribution is 7.87. The Kier molecular flexibility index (Phi) is 5.77. The third-order valence-corrected chi connectivity index (χ3v) is 7.49. The number of hydrogen-bond acceptors (Lipinski definition) is 7. The van der Waals surface area contributed by atoms with Crippen LogP contribution in [0.4, 0.5) is 0 Å². The van der Waals surface area contributed by atoms with Crippen LogP contribution in [0.15, 0.2) is 23.6 Å². The molecule has 29 heavy (non-hydrogen) atoms. The lowest BCUT2D eigenvalue weighted by Gasteiger charge is -2.46. The quantitative estimate of drug-likeness (QED) is 0.296. The number of carbonyl (C=O) groups excluding carboxylic acids is 3. The van der Waals surface area contributed by atoms with Crippen molar-refractivity contribution in [1.82, 2.24) is 0 Å². The van der Waals surface area contributed by atoms with Gasteiger partial charge in [0.2, 0.25) is 0 Å². The first kappa shape index (κ1) is 21.7. The van der Waals surface area contributed by atoms with Gasteiger partial charge in [0.1, 0.15) is 24.2 Å². The largest absolute Gasteiger partial charge is 0.461 e. The molecule has 0 N–H and O–H groups in total. The van der Waals surface area contributed by atoms with Crippen molar-refractivity contribution >= 4 is 28.7 Å². The molecule has 0 radical (unpaired) electrons. The van der Waals surface area contributed by atoms with Crippen molar-refractivity contribution in [2.24, 2.45) is 22.7 Å². The minimum Gasteiger partial charge on any atom is -0.461 e. The van der Waals surface area contributed by atoms with Gasteiger partial charge in [-0.15, -0.1) is 0 Å². The molecule has 3 fully saturated rings. The molecular formula is C21H28O7S. The van der Waals surface area contributed by atoms with Crippen molar-refractivity contribution in [3.8, 4) is 0 Å². The summed E-state index contributed by atoms with van der Waals surface area (Å²) in [5.74, 6) is -1.68. The molecule has 0 aromatic rings. The van der Waals surface area contributed by atoms with E-state index in [0.29, 0.717) is 18.4 Å². The fourth-order valence-electron chi connectivity index (χ4n) is 5.41. The number of esters is 3. The zero-order chi connectivity index (χ0) is 21.6.